The van der Waals surface area contributed by atoms with Crippen molar-refractivity contribution in [1.82, 2.24) is 10.6 Å². The highest BCUT2D eigenvalue weighted by Gasteiger charge is 2.39. The van der Waals surface area contributed by atoms with Crippen LogP contribution in [0.2, 0.25) is 0 Å². The third-order valence-corrected chi connectivity index (χ3v) is 4.71. The molecular formula is C21H26N2O5. The minimum Gasteiger partial charge on any atom is -0.481 e. The highest BCUT2D eigenvalue weighted by Crippen LogP contribution is 2.21. The fourth-order valence-corrected chi connectivity index (χ4v) is 3.24. The van der Waals surface area contributed by atoms with E-state index in [2.05, 4.69) is 10.6 Å². The quantitative estimate of drug-likeness (QED) is 0.456. The number of allylic oxidation sites excluding steroid dienone is 2. The van der Waals surface area contributed by atoms with Crippen LogP contribution >= 0.6 is 0 Å². The van der Waals surface area contributed by atoms with Crippen LogP contribution in [0, 0.1) is 0 Å². The van der Waals surface area contributed by atoms with Crippen molar-refractivity contribution in [2.24, 2.45) is 0 Å². The summed E-state index contributed by atoms with van der Waals surface area (Å²) >= 11 is 0. The topological polar surface area (TPSA) is 116 Å². The van der Waals surface area contributed by atoms with Gasteiger partial charge in [0.1, 0.15) is 11.6 Å². The summed E-state index contributed by atoms with van der Waals surface area (Å²) in [5, 5.41) is 24.4. The first-order chi connectivity index (χ1) is 13.3. The molecule has 0 fully saturated rings. The van der Waals surface area contributed by atoms with Gasteiger partial charge >= 0.3 is 11.9 Å². The van der Waals surface area contributed by atoms with E-state index < -0.39 is 29.6 Å². The number of aliphatic carboxylic acids is 2. The van der Waals surface area contributed by atoms with E-state index in [1.54, 1.807) is 19.1 Å². The molecule has 2 rings (SSSR count). The molecule has 7 nitrogen and oxygen atoms in total. The number of nitrogens with one attached hydrogen (secondary N) is 2. The lowest BCUT2D eigenvalue weighted by Crippen LogP contribution is -2.59. The van der Waals surface area contributed by atoms with E-state index in [9.17, 15) is 19.5 Å². The SMILES string of the molecule is C[C@H](NC(Cc1ccccc1)C(=O)O)C(=O)[C@@]1(NCCC(=O)O)C=CC=CC1. The summed E-state index contributed by atoms with van der Waals surface area (Å²) in [5.74, 6) is -2.21. The Morgan fingerprint density at radius 1 is 1.14 bits per heavy atom. The van der Waals surface area contributed by atoms with Gasteiger partial charge in [0.05, 0.1) is 12.5 Å². The van der Waals surface area contributed by atoms with Crippen LogP contribution in [-0.4, -0.2) is 52.1 Å². The predicted octanol–water partition coefficient (Wildman–Crippen LogP) is 1.55. The summed E-state index contributed by atoms with van der Waals surface area (Å²) in [7, 11) is 0. The highest BCUT2D eigenvalue weighted by atomic mass is 16.4. The van der Waals surface area contributed by atoms with Crippen molar-refractivity contribution >= 4 is 17.7 Å². The van der Waals surface area contributed by atoms with Crippen molar-refractivity contribution in [3.8, 4) is 0 Å². The summed E-state index contributed by atoms with van der Waals surface area (Å²) in [6, 6.07) is 7.56. The number of carboxylic acid groups (broad SMARTS) is 2. The summed E-state index contributed by atoms with van der Waals surface area (Å²) in [6.45, 7) is 1.77. The summed E-state index contributed by atoms with van der Waals surface area (Å²) < 4.78 is 0. The van der Waals surface area contributed by atoms with E-state index in [-0.39, 0.29) is 25.2 Å². The Hall–Kier alpha value is -2.77. The number of carbonyl (C=O) groups is 3. The first kappa shape index (κ1) is 21.5. The number of hydrogen-bond donors (Lipinski definition) is 4. The molecule has 0 heterocycles. The van der Waals surface area contributed by atoms with Crippen molar-refractivity contribution in [3.63, 3.8) is 0 Å². The fourth-order valence-electron chi connectivity index (χ4n) is 3.24. The zero-order valence-electron chi connectivity index (χ0n) is 15.8. The van der Waals surface area contributed by atoms with Gasteiger partial charge in [-0.3, -0.25) is 19.7 Å². The molecule has 4 N–H and O–H groups in total. The van der Waals surface area contributed by atoms with Gasteiger partial charge in [-0.15, -0.1) is 0 Å². The molecule has 1 aliphatic rings. The van der Waals surface area contributed by atoms with E-state index in [1.807, 2.05) is 42.5 Å². The maximum absolute atomic E-state index is 13.2. The molecule has 0 saturated carbocycles. The third kappa shape index (κ3) is 5.87. The Morgan fingerprint density at radius 2 is 1.86 bits per heavy atom. The third-order valence-electron chi connectivity index (χ3n) is 4.71. The van der Waals surface area contributed by atoms with Crippen LogP contribution in [0.1, 0.15) is 25.3 Å². The minimum atomic E-state index is -1.05. The second-order valence-electron chi connectivity index (χ2n) is 6.87. The van der Waals surface area contributed by atoms with E-state index in [4.69, 9.17) is 5.11 Å². The van der Waals surface area contributed by atoms with Crippen molar-refractivity contribution in [3.05, 3.63) is 60.2 Å². The normalized spacial score (nSPS) is 20.5. The Labute approximate surface area is 164 Å². The predicted molar refractivity (Wildman–Crippen MR) is 105 cm³/mol. The van der Waals surface area contributed by atoms with Crippen LogP contribution < -0.4 is 10.6 Å². The molecule has 0 saturated heterocycles. The van der Waals surface area contributed by atoms with Gasteiger partial charge in [0.2, 0.25) is 0 Å². The van der Waals surface area contributed by atoms with Gasteiger partial charge in [-0.05, 0) is 25.3 Å². The first-order valence-corrected chi connectivity index (χ1v) is 9.22. The molecule has 0 aromatic heterocycles. The fraction of sp³-hybridized carbons (Fsp3) is 0.381. The first-order valence-electron chi connectivity index (χ1n) is 9.22. The molecular weight excluding hydrogens is 360 g/mol. The lowest BCUT2D eigenvalue weighted by Gasteiger charge is -2.34. The van der Waals surface area contributed by atoms with Gasteiger partial charge in [0.15, 0.2) is 5.78 Å². The molecule has 7 heteroatoms. The number of carbonyl (C=O) groups excluding carboxylic acids is 1. The Morgan fingerprint density at radius 3 is 2.43 bits per heavy atom. The van der Waals surface area contributed by atoms with Crippen molar-refractivity contribution in [1.29, 1.82) is 0 Å². The molecule has 1 aromatic carbocycles. The minimum absolute atomic E-state index is 0.111. The van der Waals surface area contributed by atoms with E-state index in [1.165, 1.54) is 0 Å². The monoisotopic (exact) mass is 386 g/mol. The summed E-state index contributed by atoms with van der Waals surface area (Å²) in [6.07, 6.45) is 7.62. The highest BCUT2D eigenvalue weighted by molar-refractivity contribution is 5.95. The molecule has 1 aromatic rings. The molecule has 0 bridgehead atoms. The molecule has 0 amide bonds. The van der Waals surface area contributed by atoms with Crippen LogP contribution in [0.3, 0.4) is 0 Å². The zero-order chi connectivity index (χ0) is 20.6. The number of rotatable bonds is 11. The largest absolute Gasteiger partial charge is 0.481 e. The number of Topliss-reactive ketones (excluding diaryl/α,β-unsaturated/α-hetero) is 1. The average Bonchev–Trinajstić information content (AvgIpc) is 2.68. The summed E-state index contributed by atoms with van der Waals surface area (Å²) in [4.78, 5) is 35.6. The van der Waals surface area contributed by atoms with Crippen molar-refractivity contribution in [2.45, 2.75) is 43.8 Å². The lowest BCUT2D eigenvalue weighted by atomic mass is 9.83. The smallest absolute Gasteiger partial charge is 0.321 e. The van der Waals surface area contributed by atoms with Gasteiger partial charge in [0, 0.05) is 6.54 Å². The van der Waals surface area contributed by atoms with E-state index in [0.717, 1.165) is 5.56 Å². The standard InChI is InChI=1S/C21H26N2O5/c1-15(23-17(20(27)28)14-16-8-4-2-5-9-16)19(26)21(11-6-3-7-12-21)22-13-10-18(24)25/h2-9,11,15,17,22-23H,10,12-14H2,1H3,(H,24,25)(H,27,28)/t15-,17?,21+/m0/s1. The average molecular weight is 386 g/mol. The molecule has 0 spiro atoms. The molecule has 0 radical (unpaired) electrons. The van der Waals surface area contributed by atoms with E-state index >= 15 is 0 Å². The number of hydrogen-bond acceptors (Lipinski definition) is 5. The molecule has 0 aliphatic heterocycles. The molecule has 1 aliphatic carbocycles. The Balaban J connectivity index is 2.09. The molecule has 28 heavy (non-hydrogen) atoms. The van der Waals surface area contributed by atoms with Gasteiger partial charge < -0.3 is 15.5 Å². The van der Waals surface area contributed by atoms with Gasteiger partial charge in [-0.2, -0.15) is 0 Å². The second-order valence-corrected chi connectivity index (χ2v) is 6.87. The van der Waals surface area contributed by atoms with Crippen LogP contribution in [0.5, 0.6) is 0 Å². The zero-order valence-corrected chi connectivity index (χ0v) is 15.8. The van der Waals surface area contributed by atoms with E-state index in [0.29, 0.717) is 6.42 Å². The van der Waals surface area contributed by atoms with Gasteiger partial charge in [0.25, 0.3) is 0 Å². The van der Waals surface area contributed by atoms with Crippen LogP contribution in [-0.2, 0) is 20.8 Å². The second kappa shape index (κ2) is 9.96. The maximum atomic E-state index is 13.2. The molecule has 150 valence electrons. The molecule has 3 atom stereocenters. The van der Waals surface area contributed by atoms with Gasteiger partial charge in [-0.25, -0.2) is 0 Å². The number of benzene rings is 1. The number of carboxylic acids is 2. The van der Waals surface area contributed by atoms with Crippen LogP contribution in [0.25, 0.3) is 0 Å². The van der Waals surface area contributed by atoms with Crippen molar-refractivity contribution in [2.75, 3.05) is 6.54 Å². The maximum Gasteiger partial charge on any atom is 0.321 e. The summed E-state index contributed by atoms with van der Waals surface area (Å²) in [5.41, 5.74) is -0.191. The van der Waals surface area contributed by atoms with Crippen LogP contribution in [0.4, 0.5) is 0 Å². The van der Waals surface area contributed by atoms with Crippen molar-refractivity contribution < 1.29 is 24.6 Å². The Kier molecular flexibility index (Phi) is 7.66. The lowest BCUT2D eigenvalue weighted by molar-refractivity contribution is -0.140. The number of ketones is 1. The van der Waals surface area contributed by atoms with Crippen LogP contribution in [0.15, 0.2) is 54.6 Å². The molecule has 1 unspecified atom stereocenters. The van der Waals surface area contributed by atoms with Gasteiger partial charge in [-0.1, -0.05) is 54.6 Å². The Bertz CT molecular complexity index is 759.